The van der Waals surface area contributed by atoms with E-state index in [-0.39, 0.29) is 0 Å². The van der Waals surface area contributed by atoms with Gasteiger partial charge < -0.3 is 22.1 Å². The summed E-state index contributed by atoms with van der Waals surface area (Å²) in [7, 11) is 0. The first-order valence-corrected chi connectivity index (χ1v) is 11.4. The summed E-state index contributed by atoms with van der Waals surface area (Å²) in [4.78, 5) is 13.9. The van der Waals surface area contributed by atoms with E-state index in [9.17, 15) is 0 Å². The molecule has 1 fully saturated rings. The maximum atomic E-state index is 6.03. The van der Waals surface area contributed by atoms with Gasteiger partial charge in [-0.05, 0) is 55.9 Å². The summed E-state index contributed by atoms with van der Waals surface area (Å²) in [6, 6.07) is 14.5. The van der Waals surface area contributed by atoms with E-state index >= 15 is 0 Å². The number of H-pyrrole nitrogens is 1. The molecule has 7 N–H and O–H groups in total. The Morgan fingerprint density at radius 1 is 1.00 bits per heavy atom. The molecule has 3 aromatic heterocycles. The number of anilines is 3. The first kappa shape index (κ1) is 21.1. The van der Waals surface area contributed by atoms with E-state index in [4.69, 9.17) is 16.5 Å². The normalized spacial score (nSPS) is 18.3. The SMILES string of the molecule is Nc1ccccc1CCNc1cccc(-c2[nH]nc3nc(NC4CCC(N)CC4)ncc23)n1. The summed E-state index contributed by atoms with van der Waals surface area (Å²) < 4.78 is 0. The molecule has 0 aliphatic heterocycles. The topological polar surface area (TPSA) is 143 Å². The Kier molecular flexibility index (Phi) is 6.03. The first-order chi connectivity index (χ1) is 16.2. The van der Waals surface area contributed by atoms with Gasteiger partial charge in [0.25, 0.3) is 0 Å². The minimum atomic E-state index is 0.314. The predicted molar refractivity (Wildman–Crippen MR) is 132 cm³/mol. The van der Waals surface area contributed by atoms with Crippen LogP contribution in [0.4, 0.5) is 17.5 Å². The number of aromatic amines is 1. The molecular weight excluding hydrogens is 414 g/mol. The Morgan fingerprint density at radius 3 is 2.70 bits per heavy atom. The van der Waals surface area contributed by atoms with Gasteiger partial charge >= 0.3 is 0 Å². The van der Waals surface area contributed by atoms with Crippen LogP contribution in [0.5, 0.6) is 0 Å². The lowest BCUT2D eigenvalue weighted by molar-refractivity contribution is 0.410. The largest absolute Gasteiger partial charge is 0.399 e. The molecule has 4 aromatic rings. The highest BCUT2D eigenvalue weighted by molar-refractivity contribution is 5.89. The standard InChI is InChI=1S/C24H29N9/c25-16-8-10-17(11-9-16)29-24-28-14-18-22(32-33-23(18)31-24)20-6-3-7-21(30-20)27-13-12-15-4-1-2-5-19(15)26/h1-7,14,16-17H,8-13,25-26H2,(H,27,30)(H2,28,29,31,32,33). The molecule has 0 saturated heterocycles. The number of hydrogen-bond donors (Lipinski definition) is 5. The number of aromatic nitrogens is 5. The van der Waals surface area contributed by atoms with Crippen LogP contribution >= 0.6 is 0 Å². The van der Waals surface area contributed by atoms with Crippen molar-refractivity contribution in [2.75, 3.05) is 22.9 Å². The van der Waals surface area contributed by atoms with E-state index in [2.05, 4.69) is 30.8 Å². The molecule has 0 radical (unpaired) electrons. The summed E-state index contributed by atoms with van der Waals surface area (Å²) in [5.74, 6) is 1.39. The molecule has 170 valence electrons. The van der Waals surface area contributed by atoms with Gasteiger partial charge in [-0.25, -0.2) is 9.97 Å². The number of nitrogens with one attached hydrogen (secondary N) is 3. The molecule has 1 saturated carbocycles. The molecule has 0 spiro atoms. The van der Waals surface area contributed by atoms with Crippen molar-refractivity contribution in [3.8, 4) is 11.4 Å². The van der Waals surface area contributed by atoms with Crippen LogP contribution in [0.15, 0.2) is 48.7 Å². The first-order valence-electron chi connectivity index (χ1n) is 11.4. The van der Waals surface area contributed by atoms with Crippen molar-refractivity contribution in [2.45, 2.75) is 44.2 Å². The predicted octanol–water partition coefficient (Wildman–Crippen LogP) is 3.33. The lowest BCUT2D eigenvalue weighted by atomic mass is 9.92. The molecule has 3 heterocycles. The monoisotopic (exact) mass is 443 g/mol. The average Bonchev–Trinajstić information content (AvgIpc) is 3.25. The summed E-state index contributed by atoms with van der Waals surface area (Å²) in [6.07, 6.45) is 6.76. The van der Waals surface area contributed by atoms with Crippen LogP contribution in [0.1, 0.15) is 31.2 Å². The van der Waals surface area contributed by atoms with Crippen molar-refractivity contribution in [3.63, 3.8) is 0 Å². The molecule has 33 heavy (non-hydrogen) atoms. The van der Waals surface area contributed by atoms with Gasteiger partial charge in [0.15, 0.2) is 5.65 Å². The lowest BCUT2D eigenvalue weighted by Crippen LogP contribution is -2.33. The van der Waals surface area contributed by atoms with Crippen molar-refractivity contribution in [2.24, 2.45) is 5.73 Å². The zero-order chi connectivity index (χ0) is 22.6. The number of pyridine rings is 1. The van der Waals surface area contributed by atoms with Gasteiger partial charge in [-0.3, -0.25) is 5.10 Å². The minimum Gasteiger partial charge on any atom is -0.399 e. The summed E-state index contributed by atoms with van der Waals surface area (Å²) >= 11 is 0. The number of nitrogens with two attached hydrogens (primary N) is 2. The number of nitrogen functional groups attached to an aromatic ring is 1. The molecule has 5 rings (SSSR count). The second-order valence-electron chi connectivity index (χ2n) is 8.57. The van der Waals surface area contributed by atoms with Gasteiger partial charge in [0.05, 0.1) is 16.8 Å². The number of fused-ring (bicyclic) bond motifs is 1. The van der Waals surface area contributed by atoms with E-state index in [1.165, 1.54) is 0 Å². The molecule has 1 aliphatic rings. The lowest BCUT2D eigenvalue weighted by Gasteiger charge is -2.26. The maximum Gasteiger partial charge on any atom is 0.224 e. The third kappa shape index (κ3) is 4.88. The number of hydrogen-bond acceptors (Lipinski definition) is 8. The van der Waals surface area contributed by atoms with Gasteiger partial charge in [-0.15, -0.1) is 0 Å². The van der Waals surface area contributed by atoms with Crippen LogP contribution in [0.25, 0.3) is 22.4 Å². The van der Waals surface area contributed by atoms with E-state index in [0.717, 1.165) is 72.5 Å². The summed E-state index contributed by atoms with van der Waals surface area (Å²) in [6.45, 7) is 0.735. The number of para-hydroxylation sites is 1. The molecule has 9 heteroatoms. The Bertz CT molecular complexity index is 1230. The van der Waals surface area contributed by atoms with Crippen molar-refractivity contribution in [1.29, 1.82) is 0 Å². The van der Waals surface area contributed by atoms with E-state index in [1.54, 1.807) is 6.20 Å². The van der Waals surface area contributed by atoms with Gasteiger partial charge in [0.2, 0.25) is 5.95 Å². The van der Waals surface area contributed by atoms with Crippen LogP contribution in [0.2, 0.25) is 0 Å². The van der Waals surface area contributed by atoms with E-state index in [0.29, 0.717) is 23.7 Å². The molecule has 0 amide bonds. The van der Waals surface area contributed by atoms with Crippen LogP contribution < -0.4 is 22.1 Å². The van der Waals surface area contributed by atoms with Crippen LogP contribution in [0.3, 0.4) is 0 Å². The number of nitrogens with zero attached hydrogens (tertiary/aromatic N) is 4. The molecule has 0 unspecified atom stereocenters. The van der Waals surface area contributed by atoms with Crippen LogP contribution in [-0.2, 0) is 6.42 Å². The Hall–Kier alpha value is -3.72. The second kappa shape index (κ2) is 9.41. The third-order valence-electron chi connectivity index (χ3n) is 6.18. The van der Waals surface area contributed by atoms with Crippen molar-refractivity contribution >= 4 is 28.5 Å². The summed E-state index contributed by atoms with van der Waals surface area (Å²) in [5.41, 5.74) is 16.2. The van der Waals surface area contributed by atoms with Crippen LogP contribution in [-0.4, -0.2) is 43.8 Å². The quantitative estimate of drug-likeness (QED) is 0.274. The fourth-order valence-electron chi connectivity index (χ4n) is 4.27. The Morgan fingerprint density at radius 2 is 1.85 bits per heavy atom. The molecular formula is C24H29N9. The number of rotatable bonds is 7. The van der Waals surface area contributed by atoms with Gasteiger partial charge in [0, 0.05) is 30.5 Å². The van der Waals surface area contributed by atoms with Gasteiger partial charge in [-0.1, -0.05) is 24.3 Å². The number of benzene rings is 1. The highest BCUT2D eigenvalue weighted by Gasteiger charge is 2.19. The zero-order valence-corrected chi connectivity index (χ0v) is 18.5. The zero-order valence-electron chi connectivity index (χ0n) is 18.5. The maximum absolute atomic E-state index is 6.03. The van der Waals surface area contributed by atoms with E-state index < -0.39 is 0 Å². The third-order valence-corrected chi connectivity index (χ3v) is 6.18. The van der Waals surface area contributed by atoms with Crippen molar-refractivity contribution in [1.82, 2.24) is 25.1 Å². The highest BCUT2D eigenvalue weighted by atomic mass is 15.2. The Labute approximate surface area is 192 Å². The van der Waals surface area contributed by atoms with Crippen molar-refractivity contribution < 1.29 is 0 Å². The van der Waals surface area contributed by atoms with Crippen LogP contribution in [0, 0.1) is 0 Å². The molecule has 0 atom stereocenters. The summed E-state index contributed by atoms with van der Waals surface area (Å²) in [5, 5.41) is 15.1. The van der Waals surface area contributed by atoms with E-state index in [1.807, 2.05) is 42.5 Å². The second-order valence-corrected chi connectivity index (χ2v) is 8.57. The van der Waals surface area contributed by atoms with Gasteiger partial charge in [-0.2, -0.15) is 10.1 Å². The molecule has 9 nitrogen and oxygen atoms in total. The molecule has 1 aliphatic carbocycles. The highest BCUT2D eigenvalue weighted by Crippen LogP contribution is 2.26. The Balaban J connectivity index is 1.27. The van der Waals surface area contributed by atoms with Crippen molar-refractivity contribution in [3.05, 3.63) is 54.2 Å². The smallest absolute Gasteiger partial charge is 0.224 e. The fraction of sp³-hybridized carbons (Fsp3) is 0.333. The molecule has 0 bridgehead atoms. The van der Waals surface area contributed by atoms with Gasteiger partial charge in [0.1, 0.15) is 5.82 Å². The minimum absolute atomic E-state index is 0.314. The fourth-order valence-corrected chi connectivity index (χ4v) is 4.27. The average molecular weight is 444 g/mol. The molecule has 1 aromatic carbocycles.